The average Bonchev–Trinajstić information content (AvgIpc) is 2.50. The molecule has 2 aromatic rings. The number of halogens is 1. The first-order chi connectivity index (χ1) is 10.4. The van der Waals surface area contributed by atoms with Gasteiger partial charge in [-0.3, -0.25) is 4.79 Å². The van der Waals surface area contributed by atoms with Crippen molar-refractivity contribution in [3.8, 4) is 5.75 Å². The molecule has 22 heavy (non-hydrogen) atoms. The smallest absolute Gasteiger partial charge is 0.337 e. The maximum Gasteiger partial charge on any atom is 0.337 e. The van der Waals surface area contributed by atoms with Gasteiger partial charge >= 0.3 is 5.97 Å². The number of anilines is 1. The molecule has 0 aromatic heterocycles. The maximum absolute atomic E-state index is 12.2. The van der Waals surface area contributed by atoms with Gasteiger partial charge in [0.05, 0.1) is 28.9 Å². The Morgan fingerprint density at radius 2 is 1.91 bits per heavy atom. The molecule has 0 bridgehead atoms. The van der Waals surface area contributed by atoms with E-state index in [1.807, 2.05) is 6.92 Å². The monoisotopic (exact) mass is 319 g/mol. The van der Waals surface area contributed by atoms with Crippen molar-refractivity contribution in [2.24, 2.45) is 0 Å². The number of nitrogens with one attached hydrogen (secondary N) is 1. The van der Waals surface area contributed by atoms with E-state index in [4.69, 9.17) is 11.6 Å². The number of phenols is 1. The zero-order chi connectivity index (χ0) is 16.3. The van der Waals surface area contributed by atoms with Crippen molar-refractivity contribution in [2.45, 2.75) is 6.92 Å². The van der Waals surface area contributed by atoms with Gasteiger partial charge in [0.15, 0.2) is 0 Å². The van der Waals surface area contributed by atoms with E-state index in [1.165, 1.54) is 31.4 Å². The predicted molar refractivity (Wildman–Crippen MR) is 83.6 cm³/mol. The van der Waals surface area contributed by atoms with Crippen LogP contribution in [0.2, 0.25) is 5.02 Å². The van der Waals surface area contributed by atoms with Crippen LogP contribution in [0.1, 0.15) is 26.3 Å². The van der Waals surface area contributed by atoms with Gasteiger partial charge in [0.1, 0.15) is 5.75 Å². The van der Waals surface area contributed by atoms with Gasteiger partial charge in [0.2, 0.25) is 0 Å². The van der Waals surface area contributed by atoms with Gasteiger partial charge in [-0.25, -0.2) is 4.79 Å². The van der Waals surface area contributed by atoms with Gasteiger partial charge in [0.25, 0.3) is 5.91 Å². The SMILES string of the molecule is COC(=O)c1ccc(NC(=O)c2cc(C)ccc2O)c(Cl)c1. The first-order valence-electron chi connectivity index (χ1n) is 6.41. The molecule has 0 atom stereocenters. The third-order valence-corrected chi connectivity index (χ3v) is 3.35. The number of hydrogen-bond donors (Lipinski definition) is 2. The number of carbonyl (C=O) groups excluding carboxylic acids is 2. The maximum atomic E-state index is 12.2. The normalized spacial score (nSPS) is 10.1. The summed E-state index contributed by atoms with van der Waals surface area (Å²) in [4.78, 5) is 23.6. The van der Waals surface area contributed by atoms with Crippen LogP contribution in [0.25, 0.3) is 0 Å². The van der Waals surface area contributed by atoms with Crippen molar-refractivity contribution < 1.29 is 19.4 Å². The van der Waals surface area contributed by atoms with Crippen LogP contribution >= 0.6 is 11.6 Å². The summed E-state index contributed by atoms with van der Waals surface area (Å²) in [5.41, 5.74) is 1.60. The van der Waals surface area contributed by atoms with Gasteiger partial charge in [0, 0.05) is 0 Å². The van der Waals surface area contributed by atoms with Crippen LogP contribution in [0.15, 0.2) is 36.4 Å². The minimum atomic E-state index is -0.517. The first-order valence-corrected chi connectivity index (χ1v) is 6.79. The topological polar surface area (TPSA) is 75.6 Å². The quantitative estimate of drug-likeness (QED) is 0.850. The summed E-state index contributed by atoms with van der Waals surface area (Å²) < 4.78 is 4.59. The average molecular weight is 320 g/mol. The summed E-state index contributed by atoms with van der Waals surface area (Å²) >= 11 is 6.05. The molecule has 2 aromatic carbocycles. The molecule has 0 fully saturated rings. The summed E-state index contributed by atoms with van der Waals surface area (Å²) in [6.07, 6.45) is 0. The molecule has 2 rings (SSSR count). The van der Waals surface area contributed by atoms with E-state index in [2.05, 4.69) is 10.1 Å². The molecule has 1 amide bonds. The number of aryl methyl sites for hydroxylation is 1. The van der Waals surface area contributed by atoms with Crippen molar-refractivity contribution >= 4 is 29.2 Å². The minimum Gasteiger partial charge on any atom is -0.507 e. The lowest BCUT2D eigenvalue weighted by Crippen LogP contribution is -2.13. The molecular formula is C16H14ClNO4. The molecule has 0 radical (unpaired) electrons. The van der Waals surface area contributed by atoms with Gasteiger partial charge < -0.3 is 15.2 Å². The van der Waals surface area contributed by atoms with Gasteiger partial charge in [-0.15, -0.1) is 0 Å². The van der Waals surface area contributed by atoms with Crippen molar-refractivity contribution in [3.63, 3.8) is 0 Å². The van der Waals surface area contributed by atoms with Crippen molar-refractivity contribution in [1.29, 1.82) is 0 Å². The van der Waals surface area contributed by atoms with Crippen LogP contribution in [-0.2, 0) is 4.74 Å². The molecule has 6 heteroatoms. The van der Waals surface area contributed by atoms with E-state index in [1.54, 1.807) is 12.1 Å². The number of carbonyl (C=O) groups is 2. The van der Waals surface area contributed by atoms with Crippen LogP contribution in [0.3, 0.4) is 0 Å². The minimum absolute atomic E-state index is 0.120. The Hall–Kier alpha value is -2.53. The fraction of sp³-hybridized carbons (Fsp3) is 0.125. The zero-order valence-electron chi connectivity index (χ0n) is 12.0. The van der Waals surface area contributed by atoms with Gasteiger partial charge in [-0.05, 0) is 37.3 Å². The second-order valence-electron chi connectivity index (χ2n) is 4.66. The molecule has 5 nitrogen and oxygen atoms in total. The third kappa shape index (κ3) is 3.38. The Bertz CT molecular complexity index is 743. The van der Waals surface area contributed by atoms with Crippen molar-refractivity contribution in [2.75, 3.05) is 12.4 Å². The zero-order valence-corrected chi connectivity index (χ0v) is 12.8. The van der Waals surface area contributed by atoms with Gasteiger partial charge in [-0.2, -0.15) is 0 Å². The third-order valence-electron chi connectivity index (χ3n) is 3.04. The highest BCUT2D eigenvalue weighted by atomic mass is 35.5. The van der Waals surface area contributed by atoms with E-state index in [9.17, 15) is 14.7 Å². The molecule has 0 spiro atoms. The molecule has 0 aliphatic rings. The summed E-state index contributed by atoms with van der Waals surface area (Å²) in [6, 6.07) is 9.11. The van der Waals surface area contributed by atoms with Crippen LogP contribution < -0.4 is 5.32 Å². The highest BCUT2D eigenvalue weighted by Gasteiger charge is 2.14. The van der Waals surface area contributed by atoms with Crippen LogP contribution in [0, 0.1) is 6.92 Å². The summed E-state index contributed by atoms with van der Waals surface area (Å²) in [7, 11) is 1.27. The summed E-state index contributed by atoms with van der Waals surface area (Å²) in [5.74, 6) is -1.13. The second kappa shape index (κ2) is 6.49. The van der Waals surface area contributed by atoms with Crippen LogP contribution in [0.5, 0.6) is 5.75 Å². The van der Waals surface area contributed by atoms with Crippen molar-refractivity contribution in [1.82, 2.24) is 0 Å². The Morgan fingerprint density at radius 3 is 2.55 bits per heavy atom. The fourth-order valence-electron chi connectivity index (χ4n) is 1.88. The van der Waals surface area contributed by atoms with E-state index < -0.39 is 11.9 Å². The Morgan fingerprint density at radius 1 is 1.18 bits per heavy atom. The summed E-state index contributed by atoms with van der Waals surface area (Å²) in [5, 5.41) is 12.5. The molecule has 0 aliphatic carbocycles. The lowest BCUT2D eigenvalue weighted by molar-refractivity contribution is 0.0600. The first kappa shape index (κ1) is 15.9. The van der Waals surface area contributed by atoms with E-state index >= 15 is 0 Å². The highest BCUT2D eigenvalue weighted by Crippen LogP contribution is 2.26. The largest absolute Gasteiger partial charge is 0.507 e. The molecule has 0 heterocycles. The molecule has 0 saturated heterocycles. The number of aromatic hydroxyl groups is 1. The summed E-state index contributed by atoms with van der Waals surface area (Å²) in [6.45, 7) is 1.81. The number of benzene rings is 2. The highest BCUT2D eigenvalue weighted by molar-refractivity contribution is 6.34. The number of methoxy groups -OCH3 is 1. The lowest BCUT2D eigenvalue weighted by atomic mass is 10.1. The molecular weight excluding hydrogens is 306 g/mol. The fourth-order valence-corrected chi connectivity index (χ4v) is 2.11. The Balaban J connectivity index is 2.25. The number of hydrogen-bond acceptors (Lipinski definition) is 4. The van der Waals surface area contributed by atoms with E-state index in [0.29, 0.717) is 5.69 Å². The Labute approximate surface area is 132 Å². The molecule has 0 saturated carbocycles. The van der Waals surface area contributed by atoms with Crippen LogP contribution in [0.4, 0.5) is 5.69 Å². The Kier molecular flexibility index (Phi) is 4.68. The molecule has 0 unspecified atom stereocenters. The molecule has 0 aliphatic heterocycles. The van der Waals surface area contributed by atoms with Gasteiger partial charge in [-0.1, -0.05) is 23.2 Å². The van der Waals surface area contributed by atoms with E-state index in [0.717, 1.165) is 5.56 Å². The standard InChI is InChI=1S/C16H14ClNO4/c1-9-3-6-14(19)11(7-9)15(20)18-13-5-4-10(8-12(13)17)16(21)22-2/h3-8,19H,1-2H3,(H,18,20). The molecule has 114 valence electrons. The van der Waals surface area contributed by atoms with E-state index in [-0.39, 0.29) is 21.9 Å². The second-order valence-corrected chi connectivity index (χ2v) is 5.07. The number of rotatable bonds is 3. The number of phenolic OH excluding ortho intramolecular Hbond substituents is 1. The number of ether oxygens (including phenoxy) is 1. The lowest BCUT2D eigenvalue weighted by Gasteiger charge is -2.10. The van der Waals surface area contributed by atoms with Crippen molar-refractivity contribution in [3.05, 3.63) is 58.1 Å². The molecule has 2 N–H and O–H groups in total. The predicted octanol–water partition coefficient (Wildman–Crippen LogP) is 3.39. The van der Waals surface area contributed by atoms with Crippen LogP contribution in [-0.4, -0.2) is 24.1 Å². The number of esters is 1. The number of amides is 1.